The molecule has 2 aliphatic heterocycles. The van der Waals surface area contributed by atoms with Crippen molar-refractivity contribution in [3.8, 4) is 0 Å². The largest absolute Gasteiger partial charge is 0.440 e. The maximum Gasteiger partial charge on any atom is 0.253 e. The summed E-state index contributed by atoms with van der Waals surface area (Å²) in [6.07, 6.45) is 10.7. The van der Waals surface area contributed by atoms with Gasteiger partial charge in [0.2, 0.25) is 0 Å². The molecule has 1 amide bonds. The van der Waals surface area contributed by atoms with Crippen LogP contribution in [-0.4, -0.2) is 41.0 Å². The van der Waals surface area contributed by atoms with E-state index in [-0.39, 0.29) is 24.4 Å². The number of aromatic nitrogens is 1. The molecule has 1 aromatic carbocycles. The van der Waals surface area contributed by atoms with E-state index < -0.39 is 0 Å². The quantitative estimate of drug-likeness (QED) is 0.810. The molecule has 1 aromatic heterocycles. The number of hydrogen-bond donors (Lipinski definition) is 1. The summed E-state index contributed by atoms with van der Waals surface area (Å²) >= 11 is 0. The van der Waals surface area contributed by atoms with Crippen LogP contribution in [-0.2, 0) is 0 Å². The van der Waals surface area contributed by atoms with Crippen molar-refractivity contribution < 1.29 is 9.21 Å². The number of oxazole rings is 1. The van der Waals surface area contributed by atoms with E-state index in [1.807, 2.05) is 18.2 Å². The molecule has 1 aliphatic carbocycles. The molecule has 2 aromatic rings. The van der Waals surface area contributed by atoms with Gasteiger partial charge in [-0.15, -0.1) is 12.4 Å². The van der Waals surface area contributed by atoms with Crippen LogP contribution in [0.25, 0.3) is 11.1 Å². The lowest BCUT2D eigenvalue weighted by Crippen LogP contribution is -2.55. The average Bonchev–Trinajstić information content (AvgIpc) is 3.31. The minimum atomic E-state index is -0.000464. The molecule has 2 saturated heterocycles. The fourth-order valence-corrected chi connectivity index (χ4v) is 5.49. The van der Waals surface area contributed by atoms with E-state index in [1.165, 1.54) is 32.1 Å². The van der Waals surface area contributed by atoms with Gasteiger partial charge in [0, 0.05) is 24.0 Å². The summed E-state index contributed by atoms with van der Waals surface area (Å²) in [7, 11) is 2.24. The monoisotopic (exact) mass is 403 g/mol. The van der Waals surface area contributed by atoms with Crippen LogP contribution in [0.1, 0.15) is 80.0 Å². The molecule has 3 heterocycles. The Kier molecular flexibility index (Phi) is 5.66. The number of hydrogen-bond acceptors (Lipinski definition) is 4. The first-order valence-electron chi connectivity index (χ1n) is 10.6. The number of carbonyl (C=O) groups is 1. The van der Waals surface area contributed by atoms with E-state index in [4.69, 9.17) is 9.40 Å². The first kappa shape index (κ1) is 19.7. The topological polar surface area (TPSA) is 58.4 Å². The minimum Gasteiger partial charge on any atom is -0.440 e. The van der Waals surface area contributed by atoms with Crippen LogP contribution in [0.5, 0.6) is 0 Å². The molecular weight excluding hydrogens is 374 g/mol. The normalized spacial score (nSPS) is 28.2. The summed E-state index contributed by atoms with van der Waals surface area (Å²) in [6, 6.07) is 7.20. The zero-order chi connectivity index (χ0) is 18.4. The highest BCUT2D eigenvalue weighted by molar-refractivity contribution is 6.04. The molecule has 0 radical (unpaired) electrons. The third-order valence-corrected chi connectivity index (χ3v) is 7.06. The number of fused-ring (bicyclic) bond motifs is 3. The van der Waals surface area contributed by atoms with E-state index >= 15 is 0 Å². The Morgan fingerprint density at radius 3 is 2.54 bits per heavy atom. The van der Waals surface area contributed by atoms with E-state index in [1.54, 1.807) is 0 Å². The minimum absolute atomic E-state index is 0. The molecule has 3 aliphatic rings. The predicted molar refractivity (Wildman–Crippen MR) is 112 cm³/mol. The summed E-state index contributed by atoms with van der Waals surface area (Å²) < 4.78 is 6.01. The fraction of sp³-hybridized carbons (Fsp3) is 0.636. The highest BCUT2D eigenvalue weighted by Gasteiger charge is 2.36. The SMILES string of the molecule is CN1C2CCCC1CC(NC(=O)c1cccc3oc(C4CCCC4)nc13)C2.Cl. The van der Waals surface area contributed by atoms with Crippen LogP contribution in [0, 0.1) is 0 Å². The Bertz CT molecular complexity index is 831. The third kappa shape index (κ3) is 3.55. The zero-order valence-electron chi connectivity index (χ0n) is 16.5. The Morgan fingerprint density at radius 1 is 1.11 bits per heavy atom. The zero-order valence-corrected chi connectivity index (χ0v) is 17.3. The van der Waals surface area contributed by atoms with E-state index in [2.05, 4.69) is 17.3 Å². The van der Waals surface area contributed by atoms with Crippen molar-refractivity contribution in [2.75, 3.05) is 7.05 Å². The standard InChI is InChI=1S/C22H29N3O2.ClH/c1-25-16-8-4-9-17(25)13-15(12-16)23-21(26)18-10-5-11-19-20(18)24-22(27-19)14-6-2-3-7-14;/h5,10-11,14-17H,2-4,6-9,12-13H2,1H3,(H,23,26);1H. The Hall–Kier alpha value is -1.59. The number of nitrogens with zero attached hydrogens (tertiary/aromatic N) is 2. The van der Waals surface area contributed by atoms with Gasteiger partial charge in [0.15, 0.2) is 11.5 Å². The van der Waals surface area contributed by atoms with E-state index in [0.717, 1.165) is 42.7 Å². The van der Waals surface area contributed by atoms with Crippen molar-refractivity contribution in [2.45, 2.75) is 81.8 Å². The Morgan fingerprint density at radius 2 is 1.82 bits per heavy atom. The first-order valence-corrected chi connectivity index (χ1v) is 10.6. The van der Waals surface area contributed by atoms with E-state index in [0.29, 0.717) is 23.6 Å². The van der Waals surface area contributed by atoms with Gasteiger partial charge in [-0.25, -0.2) is 4.98 Å². The molecule has 2 unspecified atom stereocenters. The molecule has 3 fully saturated rings. The van der Waals surface area contributed by atoms with Gasteiger partial charge in [-0.05, 0) is 57.7 Å². The lowest BCUT2D eigenvalue weighted by atomic mass is 9.82. The van der Waals surface area contributed by atoms with E-state index in [9.17, 15) is 4.79 Å². The maximum atomic E-state index is 13.1. The van der Waals surface area contributed by atoms with Gasteiger partial charge in [0.05, 0.1) is 5.56 Å². The number of halogens is 1. The average molecular weight is 404 g/mol. The van der Waals surface area contributed by atoms with Gasteiger partial charge in [0.1, 0.15) is 5.52 Å². The molecule has 0 spiro atoms. The molecule has 1 N–H and O–H groups in total. The van der Waals surface area contributed by atoms with Crippen LogP contribution in [0.2, 0.25) is 0 Å². The smallest absolute Gasteiger partial charge is 0.253 e. The van der Waals surface area contributed by atoms with Crippen LogP contribution in [0.3, 0.4) is 0 Å². The molecule has 1 saturated carbocycles. The molecule has 28 heavy (non-hydrogen) atoms. The summed E-state index contributed by atoms with van der Waals surface area (Å²) in [5, 5.41) is 3.31. The Labute approximate surface area is 172 Å². The van der Waals surface area contributed by atoms with Crippen molar-refractivity contribution in [1.29, 1.82) is 0 Å². The molecule has 6 heteroatoms. The maximum absolute atomic E-state index is 13.1. The van der Waals surface area contributed by atoms with Crippen LogP contribution < -0.4 is 5.32 Å². The molecular formula is C22H30ClN3O2. The predicted octanol–water partition coefficient (Wildman–Crippen LogP) is 4.65. The van der Waals surface area contributed by atoms with Gasteiger partial charge < -0.3 is 14.6 Å². The number of amides is 1. The second-order valence-corrected chi connectivity index (χ2v) is 8.73. The highest BCUT2D eigenvalue weighted by atomic mass is 35.5. The van der Waals surface area contributed by atoms with Crippen molar-refractivity contribution in [2.24, 2.45) is 0 Å². The summed E-state index contributed by atoms with van der Waals surface area (Å²) in [6.45, 7) is 0. The van der Waals surface area contributed by atoms with Gasteiger partial charge in [-0.2, -0.15) is 0 Å². The molecule has 152 valence electrons. The number of carbonyl (C=O) groups excluding carboxylic acids is 1. The fourth-order valence-electron chi connectivity index (χ4n) is 5.49. The van der Waals surface area contributed by atoms with Crippen LogP contribution in [0.15, 0.2) is 22.6 Å². The lowest BCUT2D eigenvalue weighted by Gasteiger charge is -2.47. The number of para-hydroxylation sites is 1. The molecule has 2 bridgehead atoms. The number of piperidine rings is 2. The number of rotatable bonds is 3. The third-order valence-electron chi connectivity index (χ3n) is 7.06. The Balaban J connectivity index is 0.00000192. The van der Waals surface area contributed by atoms with Crippen molar-refractivity contribution in [1.82, 2.24) is 15.2 Å². The second kappa shape index (κ2) is 8.03. The van der Waals surface area contributed by atoms with Crippen LogP contribution in [0.4, 0.5) is 0 Å². The molecule has 5 rings (SSSR count). The number of benzene rings is 1. The van der Waals surface area contributed by atoms with Gasteiger partial charge in [0.25, 0.3) is 5.91 Å². The van der Waals surface area contributed by atoms with Crippen molar-refractivity contribution >= 4 is 29.4 Å². The molecule has 2 atom stereocenters. The summed E-state index contributed by atoms with van der Waals surface area (Å²) in [4.78, 5) is 20.3. The van der Waals surface area contributed by atoms with Crippen molar-refractivity contribution in [3.63, 3.8) is 0 Å². The second-order valence-electron chi connectivity index (χ2n) is 8.73. The lowest BCUT2D eigenvalue weighted by molar-refractivity contribution is 0.0463. The van der Waals surface area contributed by atoms with Crippen LogP contribution >= 0.6 is 12.4 Å². The summed E-state index contributed by atoms with van der Waals surface area (Å²) in [5.41, 5.74) is 2.12. The van der Waals surface area contributed by atoms with Crippen molar-refractivity contribution in [3.05, 3.63) is 29.7 Å². The van der Waals surface area contributed by atoms with Gasteiger partial charge in [-0.1, -0.05) is 25.3 Å². The first-order chi connectivity index (χ1) is 13.2. The number of nitrogens with one attached hydrogen (secondary N) is 1. The molecule has 5 nitrogen and oxygen atoms in total. The van der Waals surface area contributed by atoms with Gasteiger partial charge in [-0.3, -0.25) is 4.79 Å². The van der Waals surface area contributed by atoms with Gasteiger partial charge >= 0.3 is 0 Å². The highest BCUT2D eigenvalue weighted by Crippen LogP contribution is 2.36. The summed E-state index contributed by atoms with van der Waals surface area (Å²) in [5.74, 6) is 1.23.